The first-order chi connectivity index (χ1) is 9.68. The molecule has 0 aliphatic carbocycles. The monoisotopic (exact) mass is 342 g/mol. The van der Waals surface area contributed by atoms with Gasteiger partial charge in [-0.15, -0.1) is 0 Å². The molecule has 0 spiro atoms. The molecule has 1 aliphatic rings. The first-order valence-corrected chi connectivity index (χ1v) is 8.21. The van der Waals surface area contributed by atoms with E-state index in [1.165, 1.54) is 0 Å². The highest BCUT2D eigenvalue weighted by Crippen LogP contribution is 2.33. The lowest BCUT2D eigenvalue weighted by Gasteiger charge is -2.23. The van der Waals surface area contributed by atoms with E-state index in [4.69, 9.17) is 11.6 Å². The SMILES string of the molecule is O=S(=O)(Nc1cc(Cl)cc(C(F)(F)F)c1)C1CCCNC1. The van der Waals surface area contributed by atoms with Gasteiger partial charge in [-0.25, -0.2) is 8.42 Å². The molecule has 9 heteroatoms. The molecule has 4 nitrogen and oxygen atoms in total. The lowest BCUT2D eigenvalue weighted by atomic mass is 10.2. The third kappa shape index (κ3) is 4.24. The van der Waals surface area contributed by atoms with Crippen LogP contribution in [0, 0.1) is 0 Å². The summed E-state index contributed by atoms with van der Waals surface area (Å²) in [4.78, 5) is 0. The third-order valence-electron chi connectivity index (χ3n) is 3.18. The fraction of sp³-hybridized carbons (Fsp3) is 0.500. The Bertz CT molecular complexity index is 613. The van der Waals surface area contributed by atoms with Crippen molar-refractivity contribution in [3.63, 3.8) is 0 Å². The van der Waals surface area contributed by atoms with Crippen molar-refractivity contribution >= 4 is 27.3 Å². The molecule has 0 aromatic heterocycles. The number of rotatable bonds is 3. The van der Waals surface area contributed by atoms with Gasteiger partial charge in [-0.2, -0.15) is 13.2 Å². The molecule has 0 saturated carbocycles. The summed E-state index contributed by atoms with van der Waals surface area (Å²) in [6.45, 7) is 1.02. The minimum atomic E-state index is -4.59. The van der Waals surface area contributed by atoms with E-state index in [-0.39, 0.29) is 17.3 Å². The molecule has 0 bridgehead atoms. The van der Waals surface area contributed by atoms with Crippen LogP contribution >= 0.6 is 11.6 Å². The van der Waals surface area contributed by atoms with Crippen molar-refractivity contribution in [1.82, 2.24) is 5.32 Å². The first kappa shape index (κ1) is 16.4. The van der Waals surface area contributed by atoms with Crippen LogP contribution in [-0.2, 0) is 16.2 Å². The second-order valence-electron chi connectivity index (χ2n) is 4.84. The second kappa shape index (κ2) is 6.02. The smallest absolute Gasteiger partial charge is 0.315 e. The van der Waals surface area contributed by atoms with Gasteiger partial charge in [-0.3, -0.25) is 4.72 Å². The van der Waals surface area contributed by atoms with Crippen LogP contribution in [0.15, 0.2) is 18.2 Å². The maximum absolute atomic E-state index is 12.7. The minimum absolute atomic E-state index is 0.177. The van der Waals surface area contributed by atoms with Crippen molar-refractivity contribution in [2.75, 3.05) is 17.8 Å². The quantitative estimate of drug-likeness (QED) is 0.888. The molecular weight excluding hydrogens is 329 g/mol. The lowest BCUT2D eigenvalue weighted by Crippen LogP contribution is -2.41. The summed E-state index contributed by atoms with van der Waals surface area (Å²) in [5, 5.41) is 2.10. The van der Waals surface area contributed by atoms with E-state index in [9.17, 15) is 21.6 Å². The molecule has 1 aromatic rings. The molecule has 1 heterocycles. The molecule has 1 saturated heterocycles. The van der Waals surface area contributed by atoms with Crippen LogP contribution < -0.4 is 10.0 Å². The molecule has 2 N–H and O–H groups in total. The van der Waals surface area contributed by atoms with Crippen LogP contribution in [0.2, 0.25) is 5.02 Å². The van der Waals surface area contributed by atoms with Crippen LogP contribution in [0.1, 0.15) is 18.4 Å². The normalized spacial score (nSPS) is 20.3. The Morgan fingerprint density at radius 3 is 2.57 bits per heavy atom. The van der Waals surface area contributed by atoms with Crippen molar-refractivity contribution in [3.05, 3.63) is 28.8 Å². The zero-order chi connectivity index (χ0) is 15.7. The van der Waals surface area contributed by atoms with Gasteiger partial charge in [0.2, 0.25) is 10.0 Å². The van der Waals surface area contributed by atoms with Crippen LogP contribution in [0.3, 0.4) is 0 Å². The number of hydrogen-bond donors (Lipinski definition) is 2. The first-order valence-electron chi connectivity index (χ1n) is 6.28. The topological polar surface area (TPSA) is 58.2 Å². The second-order valence-corrected chi connectivity index (χ2v) is 7.24. The predicted octanol–water partition coefficient (Wildman–Crippen LogP) is 2.85. The van der Waals surface area contributed by atoms with Gasteiger partial charge in [-0.05, 0) is 37.6 Å². The standard InChI is InChI=1S/C12H14ClF3N2O2S/c13-9-4-8(12(14,15)16)5-10(6-9)18-21(19,20)11-2-1-3-17-7-11/h4-6,11,17-18H,1-3,7H2. The number of nitrogens with one attached hydrogen (secondary N) is 2. The zero-order valence-corrected chi connectivity index (χ0v) is 12.4. The molecule has 1 fully saturated rings. The number of benzene rings is 1. The van der Waals surface area contributed by atoms with Crippen LogP contribution in [0.25, 0.3) is 0 Å². The number of hydrogen-bond acceptors (Lipinski definition) is 3. The molecule has 21 heavy (non-hydrogen) atoms. The summed E-state index contributed by atoms with van der Waals surface area (Å²) >= 11 is 5.62. The van der Waals surface area contributed by atoms with E-state index in [0.29, 0.717) is 12.8 Å². The Hall–Kier alpha value is -0.990. The number of alkyl halides is 3. The van der Waals surface area contributed by atoms with E-state index in [1.54, 1.807) is 0 Å². The van der Waals surface area contributed by atoms with Gasteiger partial charge in [0.05, 0.1) is 16.5 Å². The molecule has 2 rings (SSSR count). The summed E-state index contributed by atoms with van der Waals surface area (Å²) in [5.74, 6) is 0. The fourth-order valence-electron chi connectivity index (χ4n) is 2.14. The fourth-order valence-corrected chi connectivity index (χ4v) is 3.81. The predicted molar refractivity (Wildman–Crippen MR) is 74.9 cm³/mol. The molecule has 0 amide bonds. The molecule has 1 aliphatic heterocycles. The van der Waals surface area contributed by atoms with Crippen molar-refractivity contribution < 1.29 is 21.6 Å². The Balaban J connectivity index is 2.24. The average Bonchev–Trinajstić information content (AvgIpc) is 2.37. The summed E-state index contributed by atoms with van der Waals surface area (Å²) in [6.07, 6.45) is -3.42. The van der Waals surface area contributed by atoms with E-state index >= 15 is 0 Å². The molecular formula is C12H14ClF3N2O2S. The largest absolute Gasteiger partial charge is 0.416 e. The Labute approximate surface area is 125 Å². The summed E-state index contributed by atoms with van der Waals surface area (Å²) in [6, 6.07) is 2.64. The van der Waals surface area contributed by atoms with Gasteiger partial charge in [0, 0.05) is 11.6 Å². The highest BCUT2D eigenvalue weighted by Gasteiger charge is 2.32. The summed E-state index contributed by atoms with van der Waals surface area (Å²) < 4.78 is 64.6. The molecule has 1 aromatic carbocycles. The van der Waals surface area contributed by atoms with Gasteiger partial charge in [0.1, 0.15) is 0 Å². The van der Waals surface area contributed by atoms with E-state index in [2.05, 4.69) is 10.0 Å². The van der Waals surface area contributed by atoms with Crippen LogP contribution in [-0.4, -0.2) is 26.8 Å². The minimum Gasteiger partial charge on any atom is -0.315 e. The van der Waals surface area contributed by atoms with Crippen molar-refractivity contribution in [2.45, 2.75) is 24.3 Å². The number of piperidine rings is 1. The van der Waals surface area contributed by atoms with Crippen molar-refractivity contribution in [3.8, 4) is 0 Å². The van der Waals surface area contributed by atoms with Gasteiger partial charge >= 0.3 is 6.18 Å². The van der Waals surface area contributed by atoms with Gasteiger partial charge in [-0.1, -0.05) is 11.6 Å². The lowest BCUT2D eigenvalue weighted by molar-refractivity contribution is -0.137. The maximum atomic E-state index is 12.7. The molecule has 1 unspecified atom stereocenters. The molecule has 0 radical (unpaired) electrons. The zero-order valence-electron chi connectivity index (χ0n) is 10.9. The maximum Gasteiger partial charge on any atom is 0.416 e. The average molecular weight is 343 g/mol. The summed E-state index contributed by atoms with van der Waals surface area (Å²) in [5.41, 5.74) is -1.17. The van der Waals surface area contributed by atoms with E-state index in [0.717, 1.165) is 24.7 Å². The van der Waals surface area contributed by atoms with E-state index in [1.807, 2.05) is 0 Å². The van der Waals surface area contributed by atoms with Gasteiger partial charge in [0.15, 0.2) is 0 Å². The Morgan fingerprint density at radius 2 is 2.00 bits per heavy atom. The number of halogens is 4. The van der Waals surface area contributed by atoms with Crippen LogP contribution in [0.4, 0.5) is 18.9 Å². The number of sulfonamides is 1. The number of anilines is 1. The third-order valence-corrected chi connectivity index (χ3v) is 5.19. The highest BCUT2D eigenvalue weighted by atomic mass is 35.5. The molecule has 118 valence electrons. The van der Waals surface area contributed by atoms with Crippen molar-refractivity contribution in [2.24, 2.45) is 0 Å². The Kier molecular flexibility index (Phi) is 4.69. The summed E-state index contributed by atoms with van der Waals surface area (Å²) in [7, 11) is -3.75. The van der Waals surface area contributed by atoms with Crippen LogP contribution in [0.5, 0.6) is 0 Å². The highest BCUT2D eigenvalue weighted by molar-refractivity contribution is 7.93. The van der Waals surface area contributed by atoms with Crippen molar-refractivity contribution in [1.29, 1.82) is 0 Å². The van der Waals surface area contributed by atoms with Gasteiger partial charge < -0.3 is 5.32 Å². The van der Waals surface area contributed by atoms with Gasteiger partial charge in [0.25, 0.3) is 0 Å². The Morgan fingerprint density at radius 1 is 1.29 bits per heavy atom. The molecule has 1 atom stereocenters. The van der Waals surface area contributed by atoms with E-state index < -0.39 is 27.0 Å².